The molecule has 2 atom stereocenters. The monoisotopic (exact) mass is 210 g/mol. The SMILES string of the molecule is CC1C(=O)C(C(C)(C)C)=C(O)C(C)C1=O. The third-order valence-electron chi connectivity index (χ3n) is 2.91. The highest BCUT2D eigenvalue weighted by Crippen LogP contribution is 2.37. The summed E-state index contributed by atoms with van der Waals surface area (Å²) in [6, 6.07) is 0. The fourth-order valence-electron chi connectivity index (χ4n) is 1.95. The van der Waals surface area contributed by atoms with E-state index in [9.17, 15) is 14.7 Å². The van der Waals surface area contributed by atoms with Crippen LogP contribution in [0, 0.1) is 17.3 Å². The van der Waals surface area contributed by atoms with Gasteiger partial charge in [0.2, 0.25) is 0 Å². The Labute approximate surface area is 90.2 Å². The molecule has 0 aromatic heterocycles. The molecule has 0 saturated carbocycles. The second-order valence-corrected chi connectivity index (χ2v) is 5.22. The lowest BCUT2D eigenvalue weighted by molar-refractivity contribution is -0.134. The summed E-state index contributed by atoms with van der Waals surface area (Å²) in [4.78, 5) is 23.5. The van der Waals surface area contributed by atoms with Gasteiger partial charge in [-0.1, -0.05) is 20.8 Å². The van der Waals surface area contributed by atoms with Crippen LogP contribution in [0.15, 0.2) is 11.3 Å². The number of allylic oxidation sites excluding steroid dienone is 2. The van der Waals surface area contributed by atoms with E-state index < -0.39 is 17.3 Å². The zero-order valence-electron chi connectivity index (χ0n) is 9.92. The number of hydrogen-bond acceptors (Lipinski definition) is 3. The molecule has 0 aromatic rings. The summed E-state index contributed by atoms with van der Waals surface area (Å²) >= 11 is 0. The topological polar surface area (TPSA) is 54.4 Å². The maximum Gasteiger partial charge on any atom is 0.172 e. The second-order valence-electron chi connectivity index (χ2n) is 5.22. The minimum atomic E-state index is -0.620. The molecule has 0 aliphatic heterocycles. The van der Waals surface area contributed by atoms with Gasteiger partial charge < -0.3 is 5.11 Å². The summed E-state index contributed by atoms with van der Waals surface area (Å²) in [5.41, 5.74) is -0.00759. The summed E-state index contributed by atoms with van der Waals surface area (Å²) in [6.07, 6.45) is 0. The predicted octanol–water partition coefficient (Wildman–Crippen LogP) is 2.27. The molecule has 3 nitrogen and oxygen atoms in total. The van der Waals surface area contributed by atoms with Crippen LogP contribution in [-0.4, -0.2) is 16.7 Å². The number of rotatable bonds is 0. The van der Waals surface area contributed by atoms with E-state index in [4.69, 9.17) is 0 Å². The lowest BCUT2D eigenvalue weighted by Gasteiger charge is -2.31. The van der Waals surface area contributed by atoms with E-state index in [1.54, 1.807) is 13.8 Å². The molecule has 2 unspecified atom stereocenters. The average molecular weight is 210 g/mol. The first-order valence-electron chi connectivity index (χ1n) is 5.19. The standard InChI is InChI=1S/C12H18O3/c1-6-9(13)7(2)11(15)8(10(6)14)12(3,4)5/h6-7,14H,1-5H3. The molecular formula is C12H18O3. The van der Waals surface area contributed by atoms with Crippen LogP contribution in [0.5, 0.6) is 0 Å². The van der Waals surface area contributed by atoms with Crippen LogP contribution in [0.2, 0.25) is 0 Å². The van der Waals surface area contributed by atoms with Gasteiger partial charge in [0, 0.05) is 5.57 Å². The molecule has 0 radical (unpaired) electrons. The van der Waals surface area contributed by atoms with Crippen molar-refractivity contribution in [3.8, 4) is 0 Å². The normalized spacial score (nSPS) is 28.6. The van der Waals surface area contributed by atoms with E-state index in [2.05, 4.69) is 0 Å². The largest absolute Gasteiger partial charge is 0.511 e. The molecule has 1 aliphatic rings. The number of hydrogen-bond donors (Lipinski definition) is 1. The van der Waals surface area contributed by atoms with Gasteiger partial charge in [-0.25, -0.2) is 0 Å². The first-order chi connectivity index (χ1) is 6.68. The third-order valence-corrected chi connectivity index (χ3v) is 2.91. The molecule has 0 fully saturated rings. The second kappa shape index (κ2) is 3.47. The molecule has 84 valence electrons. The van der Waals surface area contributed by atoms with E-state index in [0.717, 1.165) is 0 Å². The lowest BCUT2D eigenvalue weighted by atomic mass is 9.71. The van der Waals surface area contributed by atoms with Crippen LogP contribution >= 0.6 is 0 Å². The van der Waals surface area contributed by atoms with Crippen LogP contribution < -0.4 is 0 Å². The van der Waals surface area contributed by atoms with Crippen LogP contribution in [0.25, 0.3) is 0 Å². The summed E-state index contributed by atoms with van der Waals surface area (Å²) in [5.74, 6) is -1.64. The van der Waals surface area contributed by atoms with Crippen molar-refractivity contribution < 1.29 is 14.7 Å². The van der Waals surface area contributed by atoms with Gasteiger partial charge in [-0.05, 0) is 19.3 Å². The zero-order chi connectivity index (χ0) is 12.0. The molecular weight excluding hydrogens is 192 g/mol. The number of aliphatic hydroxyl groups excluding tert-OH is 1. The smallest absolute Gasteiger partial charge is 0.172 e. The fourth-order valence-corrected chi connectivity index (χ4v) is 1.95. The maximum absolute atomic E-state index is 11.9. The molecule has 3 heteroatoms. The van der Waals surface area contributed by atoms with Crippen LogP contribution in [0.3, 0.4) is 0 Å². The van der Waals surface area contributed by atoms with E-state index in [-0.39, 0.29) is 17.3 Å². The van der Waals surface area contributed by atoms with Gasteiger partial charge in [0.15, 0.2) is 11.6 Å². The Morgan fingerprint density at radius 1 is 1.07 bits per heavy atom. The average Bonchev–Trinajstić information content (AvgIpc) is 2.09. The first kappa shape index (κ1) is 12.0. The van der Waals surface area contributed by atoms with Crippen molar-refractivity contribution in [2.75, 3.05) is 0 Å². The van der Waals surface area contributed by atoms with Crippen molar-refractivity contribution in [2.24, 2.45) is 17.3 Å². The zero-order valence-corrected chi connectivity index (χ0v) is 9.92. The van der Waals surface area contributed by atoms with Gasteiger partial charge in [0.05, 0.1) is 11.8 Å². The number of carbonyl (C=O) groups excluding carboxylic acids is 2. The molecule has 1 N–H and O–H groups in total. The van der Waals surface area contributed by atoms with Crippen LogP contribution in [0.1, 0.15) is 34.6 Å². The van der Waals surface area contributed by atoms with Crippen molar-refractivity contribution in [1.29, 1.82) is 0 Å². The Morgan fingerprint density at radius 2 is 1.53 bits per heavy atom. The van der Waals surface area contributed by atoms with E-state index in [1.807, 2.05) is 20.8 Å². The van der Waals surface area contributed by atoms with Gasteiger partial charge in [-0.3, -0.25) is 9.59 Å². The Balaban J connectivity index is 3.35. The van der Waals surface area contributed by atoms with Crippen LogP contribution in [0.4, 0.5) is 0 Å². The minimum Gasteiger partial charge on any atom is -0.511 e. The molecule has 0 amide bonds. The Bertz CT molecular complexity index is 344. The number of aliphatic hydroxyl groups is 1. The minimum absolute atomic E-state index is 0.0457. The van der Waals surface area contributed by atoms with Gasteiger partial charge >= 0.3 is 0 Å². The van der Waals surface area contributed by atoms with Crippen molar-refractivity contribution in [2.45, 2.75) is 34.6 Å². The van der Waals surface area contributed by atoms with E-state index in [1.165, 1.54) is 0 Å². The number of Topliss-reactive ketones (excluding diaryl/α,β-unsaturated/α-hetero) is 2. The van der Waals surface area contributed by atoms with Crippen molar-refractivity contribution >= 4 is 11.6 Å². The Hall–Kier alpha value is -1.12. The van der Waals surface area contributed by atoms with E-state index in [0.29, 0.717) is 5.57 Å². The predicted molar refractivity (Wildman–Crippen MR) is 57.5 cm³/mol. The van der Waals surface area contributed by atoms with E-state index >= 15 is 0 Å². The summed E-state index contributed by atoms with van der Waals surface area (Å²) < 4.78 is 0. The first-order valence-corrected chi connectivity index (χ1v) is 5.19. The summed E-state index contributed by atoms with van der Waals surface area (Å²) in [7, 11) is 0. The summed E-state index contributed by atoms with van der Waals surface area (Å²) in [6.45, 7) is 8.86. The Kier molecular flexibility index (Phi) is 2.77. The quantitative estimate of drug-likeness (QED) is 0.624. The number of carbonyl (C=O) groups is 2. The lowest BCUT2D eigenvalue weighted by Crippen LogP contribution is -2.38. The highest BCUT2D eigenvalue weighted by atomic mass is 16.3. The van der Waals surface area contributed by atoms with Crippen molar-refractivity contribution in [3.63, 3.8) is 0 Å². The Morgan fingerprint density at radius 3 is 1.93 bits per heavy atom. The van der Waals surface area contributed by atoms with Crippen LogP contribution in [-0.2, 0) is 9.59 Å². The molecule has 0 spiro atoms. The van der Waals surface area contributed by atoms with Gasteiger partial charge in [0.1, 0.15) is 5.76 Å². The molecule has 1 rings (SSSR count). The fraction of sp³-hybridized carbons (Fsp3) is 0.667. The molecule has 0 heterocycles. The molecule has 0 bridgehead atoms. The molecule has 15 heavy (non-hydrogen) atoms. The molecule has 0 aromatic carbocycles. The maximum atomic E-state index is 11.9. The third kappa shape index (κ3) is 1.83. The summed E-state index contributed by atoms with van der Waals surface area (Å²) in [5, 5.41) is 9.87. The molecule has 0 saturated heterocycles. The van der Waals surface area contributed by atoms with Gasteiger partial charge in [-0.15, -0.1) is 0 Å². The van der Waals surface area contributed by atoms with Crippen molar-refractivity contribution in [3.05, 3.63) is 11.3 Å². The van der Waals surface area contributed by atoms with Crippen molar-refractivity contribution in [1.82, 2.24) is 0 Å². The number of ketones is 2. The highest BCUT2D eigenvalue weighted by molar-refractivity contribution is 6.14. The van der Waals surface area contributed by atoms with Gasteiger partial charge in [-0.2, -0.15) is 0 Å². The van der Waals surface area contributed by atoms with Gasteiger partial charge in [0.25, 0.3) is 0 Å². The molecule has 1 aliphatic carbocycles. The highest BCUT2D eigenvalue weighted by Gasteiger charge is 2.42.